The number of hydrogen-bond donors (Lipinski definition) is 1. The summed E-state index contributed by atoms with van der Waals surface area (Å²) in [6.45, 7) is 16.1. The van der Waals surface area contributed by atoms with Gasteiger partial charge in [0.2, 0.25) is 0 Å². The van der Waals surface area contributed by atoms with Gasteiger partial charge in [0.25, 0.3) is 0 Å². The molecule has 0 unspecified atom stereocenters. The van der Waals surface area contributed by atoms with Crippen LogP contribution in [0.5, 0.6) is 0 Å². The highest BCUT2D eigenvalue weighted by molar-refractivity contribution is 4.90. The maximum Gasteiger partial charge on any atom is 0.0212 e. The fraction of sp³-hybridized carbons (Fsp3) is 1.00. The van der Waals surface area contributed by atoms with Crippen LogP contribution in [-0.4, -0.2) is 35.1 Å². The summed E-state index contributed by atoms with van der Waals surface area (Å²) in [5.41, 5.74) is 0.576. The Morgan fingerprint density at radius 1 is 1.07 bits per heavy atom. The fourth-order valence-corrected chi connectivity index (χ4v) is 2.10. The smallest absolute Gasteiger partial charge is 0.0212 e. The SMILES string of the molecule is CC(C)(C)N[C@@H]1CCN(C(C)(C)C)C1. The maximum atomic E-state index is 3.68. The van der Waals surface area contributed by atoms with E-state index < -0.39 is 0 Å². The molecular formula is C12H26N2. The van der Waals surface area contributed by atoms with E-state index >= 15 is 0 Å². The first-order valence-electron chi connectivity index (χ1n) is 5.71. The highest BCUT2D eigenvalue weighted by atomic mass is 15.2. The van der Waals surface area contributed by atoms with Gasteiger partial charge in [0.1, 0.15) is 0 Å². The number of nitrogens with zero attached hydrogens (tertiary/aromatic N) is 1. The molecule has 0 bridgehead atoms. The molecule has 14 heavy (non-hydrogen) atoms. The second kappa shape index (κ2) is 3.82. The van der Waals surface area contributed by atoms with Crippen LogP contribution in [0.3, 0.4) is 0 Å². The minimum Gasteiger partial charge on any atom is -0.308 e. The van der Waals surface area contributed by atoms with Crippen molar-refractivity contribution < 1.29 is 0 Å². The Morgan fingerprint density at radius 2 is 1.64 bits per heavy atom. The average Bonchev–Trinajstić information content (AvgIpc) is 2.29. The lowest BCUT2D eigenvalue weighted by molar-refractivity contribution is 0.168. The van der Waals surface area contributed by atoms with E-state index in [0.29, 0.717) is 11.6 Å². The summed E-state index contributed by atoms with van der Waals surface area (Å²) in [7, 11) is 0. The summed E-state index contributed by atoms with van der Waals surface area (Å²) in [4.78, 5) is 2.57. The van der Waals surface area contributed by atoms with Crippen molar-refractivity contribution >= 4 is 0 Å². The first kappa shape index (κ1) is 12.0. The van der Waals surface area contributed by atoms with E-state index in [9.17, 15) is 0 Å². The zero-order valence-corrected chi connectivity index (χ0v) is 10.6. The van der Waals surface area contributed by atoms with Gasteiger partial charge in [-0.1, -0.05) is 0 Å². The van der Waals surface area contributed by atoms with Crippen molar-refractivity contribution in [2.75, 3.05) is 13.1 Å². The number of likely N-dealkylation sites (tertiary alicyclic amines) is 1. The first-order chi connectivity index (χ1) is 6.18. The van der Waals surface area contributed by atoms with Crippen molar-refractivity contribution in [3.63, 3.8) is 0 Å². The van der Waals surface area contributed by atoms with Gasteiger partial charge < -0.3 is 5.32 Å². The Kier molecular flexibility index (Phi) is 3.27. The van der Waals surface area contributed by atoms with Crippen molar-refractivity contribution in [1.29, 1.82) is 0 Å². The molecule has 1 saturated heterocycles. The molecule has 1 fully saturated rings. The van der Waals surface area contributed by atoms with E-state index in [-0.39, 0.29) is 5.54 Å². The quantitative estimate of drug-likeness (QED) is 0.695. The average molecular weight is 198 g/mol. The second-order valence-corrected chi connectivity index (χ2v) is 6.50. The molecule has 0 aromatic rings. The highest BCUT2D eigenvalue weighted by Gasteiger charge is 2.31. The maximum absolute atomic E-state index is 3.68. The predicted octanol–water partition coefficient (Wildman–Crippen LogP) is 2.25. The van der Waals surface area contributed by atoms with Crippen LogP contribution < -0.4 is 5.32 Å². The third-order valence-electron chi connectivity index (χ3n) is 2.77. The van der Waals surface area contributed by atoms with E-state index in [1.54, 1.807) is 0 Å². The summed E-state index contributed by atoms with van der Waals surface area (Å²) in [5, 5.41) is 3.68. The number of hydrogen-bond acceptors (Lipinski definition) is 2. The molecule has 1 aliphatic rings. The Bertz CT molecular complexity index is 185. The topological polar surface area (TPSA) is 15.3 Å². The monoisotopic (exact) mass is 198 g/mol. The van der Waals surface area contributed by atoms with Crippen molar-refractivity contribution in [1.82, 2.24) is 10.2 Å². The van der Waals surface area contributed by atoms with Crippen LogP contribution >= 0.6 is 0 Å². The molecule has 0 spiro atoms. The van der Waals surface area contributed by atoms with Gasteiger partial charge >= 0.3 is 0 Å². The zero-order chi connectivity index (χ0) is 11.0. The molecule has 0 saturated carbocycles. The van der Waals surface area contributed by atoms with Gasteiger partial charge in [-0.05, 0) is 48.0 Å². The van der Waals surface area contributed by atoms with Gasteiger partial charge in [0, 0.05) is 30.2 Å². The largest absolute Gasteiger partial charge is 0.308 e. The number of rotatable bonds is 1. The molecule has 2 nitrogen and oxygen atoms in total. The van der Waals surface area contributed by atoms with E-state index in [4.69, 9.17) is 0 Å². The predicted molar refractivity (Wildman–Crippen MR) is 62.6 cm³/mol. The summed E-state index contributed by atoms with van der Waals surface area (Å²) >= 11 is 0. The zero-order valence-electron chi connectivity index (χ0n) is 10.6. The molecule has 0 radical (unpaired) electrons. The summed E-state index contributed by atoms with van der Waals surface area (Å²) in [6.07, 6.45) is 1.29. The molecule has 84 valence electrons. The molecule has 2 heteroatoms. The molecule has 0 aliphatic carbocycles. The molecule has 0 aromatic heterocycles. The van der Waals surface area contributed by atoms with Crippen LogP contribution in [0.15, 0.2) is 0 Å². The first-order valence-corrected chi connectivity index (χ1v) is 5.71. The van der Waals surface area contributed by atoms with E-state index in [0.717, 1.165) is 0 Å². The molecule has 0 amide bonds. The van der Waals surface area contributed by atoms with Gasteiger partial charge in [0.15, 0.2) is 0 Å². The number of nitrogens with one attached hydrogen (secondary N) is 1. The molecule has 1 N–H and O–H groups in total. The third-order valence-corrected chi connectivity index (χ3v) is 2.77. The molecule has 0 aromatic carbocycles. The third kappa shape index (κ3) is 3.58. The van der Waals surface area contributed by atoms with Crippen molar-refractivity contribution in [2.45, 2.75) is 65.1 Å². The Labute approximate surface area is 89.1 Å². The fourth-order valence-electron chi connectivity index (χ4n) is 2.10. The standard InChI is InChI=1S/C12H26N2/c1-11(2,3)13-10-7-8-14(9-10)12(4,5)6/h10,13H,7-9H2,1-6H3/t10-/m1/s1. The minimum absolute atomic E-state index is 0.249. The summed E-state index contributed by atoms with van der Waals surface area (Å²) < 4.78 is 0. The van der Waals surface area contributed by atoms with Crippen molar-refractivity contribution in [3.8, 4) is 0 Å². The van der Waals surface area contributed by atoms with Crippen molar-refractivity contribution in [3.05, 3.63) is 0 Å². The normalized spacial score (nSPS) is 25.7. The summed E-state index contributed by atoms with van der Waals surface area (Å²) in [5.74, 6) is 0. The minimum atomic E-state index is 0.249. The van der Waals surface area contributed by atoms with Crippen LogP contribution in [0.1, 0.15) is 48.0 Å². The van der Waals surface area contributed by atoms with Gasteiger partial charge in [-0.25, -0.2) is 0 Å². The lowest BCUT2D eigenvalue weighted by atomic mass is 10.1. The molecule has 1 aliphatic heterocycles. The molecule has 1 rings (SSSR count). The van der Waals surface area contributed by atoms with Gasteiger partial charge in [-0.15, -0.1) is 0 Å². The Hall–Kier alpha value is -0.0800. The van der Waals surface area contributed by atoms with Gasteiger partial charge in [-0.3, -0.25) is 4.90 Å². The molecule has 1 heterocycles. The Morgan fingerprint density at radius 3 is 2.00 bits per heavy atom. The lowest BCUT2D eigenvalue weighted by Gasteiger charge is -2.32. The molecule has 1 atom stereocenters. The summed E-state index contributed by atoms with van der Waals surface area (Å²) in [6, 6.07) is 0.675. The van der Waals surface area contributed by atoms with E-state index in [1.165, 1.54) is 19.5 Å². The van der Waals surface area contributed by atoms with Crippen molar-refractivity contribution in [2.24, 2.45) is 0 Å². The van der Waals surface area contributed by atoms with Gasteiger partial charge in [0.05, 0.1) is 0 Å². The van der Waals surface area contributed by atoms with E-state index in [2.05, 4.69) is 51.8 Å². The van der Waals surface area contributed by atoms with Crippen LogP contribution in [0.4, 0.5) is 0 Å². The van der Waals surface area contributed by atoms with E-state index in [1.807, 2.05) is 0 Å². The second-order valence-electron chi connectivity index (χ2n) is 6.50. The van der Waals surface area contributed by atoms with Crippen LogP contribution in [0.2, 0.25) is 0 Å². The molecular weight excluding hydrogens is 172 g/mol. The van der Waals surface area contributed by atoms with Crippen LogP contribution in [0.25, 0.3) is 0 Å². The van der Waals surface area contributed by atoms with Crippen LogP contribution in [-0.2, 0) is 0 Å². The lowest BCUT2D eigenvalue weighted by Crippen LogP contribution is -2.47. The van der Waals surface area contributed by atoms with Gasteiger partial charge in [-0.2, -0.15) is 0 Å². The highest BCUT2D eigenvalue weighted by Crippen LogP contribution is 2.21. The van der Waals surface area contributed by atoms with Crippen LogP contribution in [0, 0.1) is 0 Å². The Balaban J connectivity index is 2.42.